The number of carbonyl (C=O) groups excluding carboxylic acids is 2. The van der Waals surface area contributed by atoms with Gasteiger partial charge in [0.1, 0.15) is 5.92 Å². The molecule has 0 rings (SSSR count). The van der Waals surface area contributed by atoms with E-state index in [1.807, 2.05) is 0 Å². The van der Waals surface area contributed by atoms with Crippen molar-refractivity contribution in [1.29, 1.82) is 0 Å². The molecule has 0 aliphatic carbocycles. The standard InChI is InChI=1S/C8H10O6S2/c9-4(10)2-1-3(6(11)12)5(7(13)15)8(14)16/h3,5H,1-2H2,(H,9,10)(H,11,12)(H,13,15)(H,14,16). The molecule has 6 nitrogen and oxygen atoms in total. The Kier molecular flexibility index (Phi) is 6.12. The molecule has 16 heavy (non-hydrogen) atoms. The number of hydrogen-bond acceptors (Lipinski definition) is 4. The minimum atomic E-state index is -1.52. The van der Waals surface area contributed by atoms with Gasteiger partial charge in [0.2, 0.25) is 0 Å². The van der Waals surface area contributed by atoms with Gasteiger partial charge < -0.3 is 10.2 Å². The van der Waals surface area contributed by atoms with Crippen molar-refractivity contribution in [3.63, 3.8) is 0 Å². The van der Waals surface area contributed by atoms with E-state index in [1.165, 1.54) is 0 Å². The molecule has 1 atom stereocenters. The van der Waals surface area contributed by atoms with Gasteiger partial charge in [0, 0.05) is 6.42 Å². The Morgan fingerprint density at radius 3 is 1.69 bits per heavy atom. The number of carboxylic acid groups (broad SMARTS) is 2. The summed E-state index contributed by atoms with van der Waals surface area (Å²) >= 11 is 6.78. The van der Waals surface area contributed by atoms with Crippen LogP contribution in [0.15, 0.2) is 0 Å². The summed E-state index contributed by atoms with van der Waals surface area (Å²) in [6.07, 6.45) is -0.774. The first-order chi connectivity index (χ1) is 7.27. The van der Waals surface area contributed by atoms with E-state index in [1.54, 1.807) is 0 Å². The van der Waals surface area contributed by atoms with E-state index < -0.39 is 40.4 Å². The van der Waals surface area contributed by atoms with Crippen LogP contribution >= 0.6 is 25.3 Å². The maximum absolute atomic E-state index is 11.0. The normalized spacial score (nSPS) is 12.2. The van der Waals surface area contributed by atoms with E-state index >= 15 is 0 Å². The van der Waals surface area contributed by atoms with Gasteiger partial charge in [-0.2, -0.15) is 0 Å². The van der Waals surface area contributed by atoms with Crippen LogP contribution in [0.1, 0.15) is 12.8 Å². The lowest BCUT2D eigenvalue weighted by atomic mass is 9.90. The van der Waals surface area contributed by atoms with Crippen LogP contribution < -0.4 is 0 Å². The molecule has 0 aliphatic rings. The molecular weight excluding hydrogens is 256 g/mol. The van der Waals surface area contributed by atoms with Crippen LogP contribution in [0.25, 0.3) is 0 Å². The van der Waals surface area contributed by atoms with Crippen molar-refractivity contribution in [2.24, 2.45) is 11.8 Å². The van der Waals surface area contributed by atoms with Crippen molar-refractivity contribution in [3.8, 4) is 0 Å². The minimum absolute atomic E-state index is 0.325. The Bertz CT molecular complexity index is 312. The zero-order valence-electron chi connectivity index (χ0n) is 7.99. The highest BCUT2D eigenvalue weighted by atomic mass is 32.1. The van der Waals surface area contributed by atoms with Gasteiger partial charge >= 0.3 is 11.9 Å². The van der Waals surface area contributed by atoms with Gasteiger partial charge in [-0.3, -0.25) is 19.2 Å². The average Bonchev–Trinajstić information content (AvgIpc) is 2.09. The quantitative estimate of drug-likeness (QED) is 0.384. The van der Waals surface area contributed by atoms with Crippen molar-refractivity contribution in [2.45, 2.75) is 12.8 Å². The third kappa shape index (κ3) is 4.67. The predicted molar refractivity (Wildman–Crippen MR) is 59.5 cm³/mol. The van der Waals surface area contributed by atoms with Gasteiger partial charge in [0.05, 0.1) is 5.92 Å². The fraction of sp³-hybridized carbons (Fsp3) is 0.500. The largest absolute Gasteiger partial charge is 0.481 e. The van der Waals surface area contributed by atoms with E-state index in [-0.39, 0.29) is 6.42 Å². The molecule has 0 radical (unpaired) electrons. The highest BCUT2D eigenvalue weighted by Crippen LogP contribution is 2.23. The predicted octanol–water partition coefficient (Wildman–Crippen LogP) is 0.0810. The molecule has 8 heteroatoms. The van der Waals surface area contributed by atoms with Crippen LogP contribution in [0, 0.1) is 11.8 Å². The third-order valence-corrected chi connectivity index (χ3v) is 2.48. The Balaban J connectivity index is 4.86. The monoisotopic (exact) mass is 266 g/mol. The van der Waals surface area contributed by atoms with Crippen molar-refractivity contribution in [3.05, 3.63) is 0 Å². The number of carboxylic acids is 2. The van der Waals surface area contributed by atoms with Crippen molar-refractivity contribution < 1.29 is 29.4 Å². The Hall–Kier alpha value is -1.02. The van der Waals surface area contributed by atoms with Crippen LogP contribution in [0.2, 0.25) is 0 Å². The molecule has 0 heterocycles. The molecule has 0 aliphatic heterocycles. The Labute approximate surface area is 102 Å². The SMILES string of the molecule is O=C(O)CCC(C(=O)O)C(C(=O)S)C(=O)S. The summed E-state index contributed by atoms with van der Waals surface area (Å²) < 4.78 is 0. The molecule has 0 amide bonds. The molecule has 0 aromatic carbocycles. The van der Waals surface area contributed by atoms with E-state index in [2.05, 4.69) is 25.3 Å². The molecule has 0 saturated carbocycles. The van der Waals surface area contributed by atoms with Gasteiger partial charge in [0.15, 0.2) is 10.2 Å². The van der Waals surface area contributed by atoms with Gasteiger partial charge in [-0.05, 0) is 6.42 Å². The van der Waals surface area contributed by atoms with Crippen LogP contribution in [-0.2, 0) is 19.2 Å². The first-order valence-electron chi connectivity index (χ1n) is 4.17. The topological polar surface area (TPSA) is 109 Å². The average molecular weight is 266 g/mol. The molecule has 0 aromatic heterocycles. The first-order valence-corrected chi connectivity index (χ1v) is 5.07. The maximum Gasteiger partial charge on any atom is 0.307 e. The molecule has 0 saturated heterocycles. The fourth-order valence-corrected chi connectivity index (χ4v) is 1.86. The lowest BCUT2D eigenvalue weighted by molar-refractivity contribution is -0.148. The second-order valence-corrected chi connectivity index (χ2v) is 3.91. The summed E-state index contributed by atoms with van der Waals surface area (Å²) in [6, 6.07) is 0. The highest BCUT2D eigenvalue weighted by Gasteiger charge is 2.36. The summed E-state index contributed by atoms with van der Waals surface area (Å²) in [5, 5.41) is 15.3. The van der Waals surface area contributed by atoms with E-state index in [9.17, 15) is 19.2 Å². The molecule has 0 bridgehead atoms. The van der Waals surface area contributed by atoms with Crippen molar-refractivity contribution in [2.75, 3.05) is 0 Å². The fourth-order valence-electron chi connectivity index (χ4n) is 1.16. The maximum atomic E-state index is 11.0. The second kappa shape index (κ2) is 6.54. The molecular formula is C8H10O6S2. The van der Waals surface area contributed by atoms with E-state index in [0.29, 0.717) is 0 Å². The van der Waals surface area contributed by atoms with Gasteiger partial charge in [0.25, 0.3) is 0 Å². The molecule has 1 unspecified atom stereocenters. The Morgan fingerprint density at radius 2 is 1.44 bits per heavy atom. The molecule has 2 N–H and O–H groups in total. The van der Waals surface area contributed by atoms with Crippen LogP contribution in [0.5, 0.6) is 0 Å². The summed E-state index contributed by atoms with van der Waals surface area (Å²) in [5.74, 6) is -5.56. The lowest BCUT2D eigenvalue weighted by Gasteiger charge is -2.17. The summed E-state index contributed by atoms with van der Waals surface area (Å²) in [4.78, 5) is 43.0. The molecule has 0 spiro atoms. The van der Waals surface area contributed by atoms with Crippen molar-refractivity contribution >= 4 is 47.4 Å². The third-order valence-electron chi connectivity index (χ3n) is 1.92. The number of thiol groups is 2. The zero-order chi connectivity index (χ0) is 12.9. The molecule has 0 fully saturated rings. The number of hydrogen-bond donors (Lipinski definition) is 4. The summed E-state index contributed by atoms with van der Waals surface area (Å²) in [5.41, 5.74) is 0. The zero-order valence-corrected chi connectivity index (χ0v) is 9.78. The van der Waals surface area contributed by atoms with Gasteiger partial charge in [-0.25, -0.2) is 0 Å². The summed E-state index contributed by atoms with van der Waals surface area (Å²) in [7, 11) is 0. The van der Waals surface area contributed by atoms with E-state index in [4.69, 9.17) is 10.2 Å². The number of carbonyl (C=O) groups is 4. The van der Waals surface area contributed by atoms with E-state index in [0.717, 1.165) is 0 Å². The Morgan fingerprint density at radius 1 is 1.00 bits per heavy atom. The number of rotatable bonds is 7. The van der Waals surface area contributed by atoms with Crippen molar-refractivity contribution in [1.82, 2.24) is 0 Å². The lowest BCUT2D eigenvalue weighted by Crippen LogP contribution is -2.32. The number of aliphatic carboxylic acids is 2. The van der Waals surface area contributed by atoms with Gasteiger partial charge in [-0.15, -0.1) is 25.3 Å². The molecule has 0 aromatic rings. The smallest absolute Gasteiger partial charge is 0.307 e. The van der Waals surface area contributed by atoms with Crippen LogP contribution in [0.3, 0.4) is 0 Å². The minimum Gasteiger partial charge on any atom is -0.481 e. The van der Waals surface area contributed by atoms with Gasteiger partial charge in [-0.1, -0.05) is 0 Å². The highest BCUT2D eigenvalue weighted by molar-refractivity contribution is 7.99. The first kappa shape index (κ1) is 15.0. The van der Waals surface area contributed by atoms with Crippen LogP contribution in [0.4, 0.5) is 0 Å². The second-order valence-electron chi connectivity index (χ2n) is 3.03. The molecule has 90 valence electrons. The summed E-state index contributed by atoms with van der Waals surface area (Å²) in [6.45, 7) is 0. The van der Waals surface area contributed by atoms with Crippen LogP contribution in [-0.4, -0.2) is 32.4 Å².